The van der Waals surface area contributed by atoms with Crippen LogP contribution in [-0.2, 0) is 0 Å². The molecule has 3 aromatic rings. The third-order valence-corrected chi connectivity index (χ3v) is 4.02. The fourth-order valence-electron chi connectivity index (χ4n) is 2.38. The van der Waals surface area contributed by atoms with Gasteiger partial charge in [-0.15, -0.1) is 0 Å². The molecular formula is C18H17BrN2O4. The van der Waals surface area contributed by atoms with E-state index in [0.717, 1.165) is 10.0 Å². The van der Waals surface area contributed by atoms with Gasteiger partial charge in [0.25, 0.3) is 6.01 Å². The molecule has 130 valence electrons. The molecule has 2 aromatic carbocycles. The van der Waals surface area contributed by atoms with Gasteiger partial charge in [-0.1, -0.05) is 28.1 Å². The maximum Gasteiger partial charge on any atom is 0.299 e. The number of anilines is 2. The summed E-state index contributed by atoms with van der Waals surface area (Å²) in [5.74, 6) is 2.28. The van der Waals surface area contributed by atoms with E-state index in [1.54, 1.807) is 39.7 Å². The zero-order chi connectivity index (χ0) is 17.8. The third-order valence-electron chi connectivity index (χ3n) is 3.53. The minimum absolute atomic E-state index is 0.365. The van der Waals surface area contributed by atoms with E-state index in [4.69, 9.17) is 18.6 Å². The molecule has 0 spiro atoms. The molecule has 0 atom stereocenters. The van der Waals surface area contributed by atoms with Crippen molar-refractivity contribution in [2.75, 3.05) is 26.6 Å². The van der Waals surface area contributed by atoms with E-state index in [1.165, 1.54) is 0 Å². The van der Waals surface area contributed by atoms with Gasteiger partial charge in [0.05, 0.1) is 27.5 Å². The van der Waals surface area contributed by atoms with Crippen LogP contribution in [0.15, 0.2) is 51.5 Å². The summed E-state index contributed by atoms with van der Waals surface area (Å²) in [6, 6.07) is 11.7. The van der Waals surface area contributed by atoms with Gasteiger partial charge < -0.3 is 23.9 Å². The zero-order valence-electron chi connectivity index (χ0n) is 14.0. The van der Waals surface area contributed by atoms with Crippen LogP contribution in [0.1, 0.15) is 0 Å². The number of rotatable bonds is 6. The van der Waals surface area contributed by atoms with Gasteiger partial charge in [0.2, 0.25) is 5.75 Å². The van der Waals surface area contributed by atoms with E-state index < -0.39 is 0 Å². The van der Waals surface area contributed by atoms with Gasteiger partial charge in [-0.2, -0.15) is 0 Å². The number of ether oxygens (including phenoxy) is 3. The third kappa shape index (κ3) is 3.71. The number of hydrogen-bond acceptors (Lipinski definition) is 6. The molecule has 0 saturated heterocycles. The molecule has 0 aliphatic heterocycles. The largest absolute Gasteiger partial charge is 0.493 e. The first kappa shape index (κ1) is 17.2. The number of nitrogens with zero attached hydrogens (tertiary/aromatic N) is 1. The van der Waals surface area contributed by atoms with Gasteiger partial charge >= 0.3 is 0 Å². The molecule has 1 heterocycles. The molecule has 0 unspecified atom stereocenters. The van der Waals surface area contributed by atoms with Crippen molar-refractivity contribution in [1.29, 1.82) is 0 Å². The summed E-state index contributed by atoms with van der Waals surface area (Å²) in [5.41, 5.74) is 1.64. The predicted octanol–water partition coefficient (Wildman–Crippen LogP) is 4.87. The fraction of sp³-hybridized carbons (Fsp3) is 0.167. The number of nitrogens with one attached hydrogen (secondary N) is 1. The molecule has 0 fully saturated rings. The Balaban J connectivity index is 1.88. The Hall–Kier alpha value is -2.67. The van der Waals surface area contributed by atoms with Crippen LogP contribution in [0, 0.1) is 0 Å². The number of halogens is 1. The summed E-state index contributed by atoms with van der Waals surface area (Å²) in [4.78, 5) is 4.27. The molecule has 1 N–H and O–H groups in total. The van der Waals surface area contributed by atoms with Crippen LogP contribution >= 0.6 is 15.9 Å². The minimum Gasteiger partial charge on any atom is -0.493 e. The number of aromatic nitrogens is 1. The number of methoxy groups -OCH3 is 3. The first-order valence-electron chi connectivity index (χ1n) is 7.43. The normalized spacial score (nSPS) is 10.4. The molecule has 0 aliphatic rings. The maximum absolute atomic E-state index is 5.78. The Labute approximate surface area is 153 Å². The molecule has 0 aliphatic carbocycles. The predicted molar refractivity (Wildman–Crippen MR) is 99.0 cm³/mol. The second kappa shape index (κ2) is 7.48. The lowest BCUT2D eigenvalue weighted by atomic mass is 10.2. The van der Waals surface area contributed by atoms with Crippen LogP contribution in [0.5, 0.6) is 17.2 Å². The number of oxazole rings is 1. The van der Waals surface area contributed by atoms with E-state index in [2.05, 4.69) is 26.2 Å². The summed E-state index contributed by atoms with van der Waals surface area (Å²) in [5, 5.41) is 3.10. The first-order valence-corrected chi connectivity index (χ1v) is 8.22. The average molecular weight is 405 g/mol. The molecule has 0 bridgehead atoms. The van der Waals surface area contributed by atoms with Crippen molar-refractivity contribution >= 4 is 27.6 Å². The van der Waals surface area contributed by atoms with E-state index in [0.29, 0.717) is 34.7 Å². The topological polar surface area (TPSA) is 65.8 Å². The molecule has 3 rings (SSSR count). The highest BCUT2D eigenvalue weighted by Gasteiger charge is 2.14. The average Bonchev–Trinajstić information content (AvgIpc) is 3.09. The van der Waals surface area contributed by atoms with Crippen molar-refractivity contribution in [2.45, 2.75) is 0 Å². The quantitative estimate of drug-likeness (QED) is 0.631. The monoisotopic (exact) mass is 404 g/mol. The summed E-state index contributed by atoms with van der Waals surface area (Å²) >= 11 is 3.45. The van der Waals surface area contributed by atoms with Gasteiger partial charge in [-0.05, 0) is 12.1 Å². The molecule has 7 heteroatoms. The van der Waals surface area contributed by atoms with Crippen molar-refractivity contribution in [3.05, 3.63) is 47.1 Å². The summed E-state index contributed by atoms with van der Waals surface area (Å²) < 4.78 is 22.8. The molecule has 25 heavy (non-hydrogen) atoms. The van der Waals surface area contributed by atoms with Gasteiger partial charge in [0.1, 0.15) is 0 Å². The second-order valence-corrected chi connectivity index (χ2v) is 5.99. The van der Waals surface area contributed by atoms with Gasteiger partial charge in [-0.3, -0.25) is 0 Å². The molecule has 0 saturated carbocycles. The van der Waals surface area contributed by atoms with E-state index in [-0.39, 0.29) is 0 Å². The highest BCUT2D eigenvalue weighted by Crippen LogP contribution is 2.40. The Morgan fingerprint density at radius 2 is 1.72 bits per heavy atom. The lowest BCUT2D eigenvalue weighted by molar-refractivity contribution is 0.324. The lowest BCUT2D eigenvalue weighted by Gasteiger charge is -2.14. The van der Waals surface area contributed by atoms with Crippen LogP contribution < -0.4 is 19.5 Å². The smallest absolute Gasteiger partial charge is 0.299 e. The Kier molecular flexibility index (Phi) is 5.14. The standard InChI is InChI=1S/C18H17BrN2O4/c1-22-14-8-13(9-15(23-2)17(14)24-3)21-18-20-10-16(25-18)11-5-4-6-12(19)7-11/h4-10H,1-3H3,(H,20,21). The van der Waals surface area contributed by atoms with Crippen LogP contribution in [-0.4, -0.2) is 26.3 Å². The maximum atomic E-state index is 5.78. The van der Waals surface area contributed by atoms with E-state index in [9.17, 15) is 0 Å². The van der Waals surface area contributed by atoms with Crippen molar-refractivity contribution in [3.63, 3.8) is 0 Å². The second-order valence-electron chi connectivity index (χ2n) is 5.08. The van der Waals surface area contributed by atoms with Crippen LogP contribution in [0.4, 0.5) is 11.7 Å². The summed E-state index contributed by atoms with van der Waals surface area (Å²) in [6.07, 6.45) is 1.67. The summed E-state index contributed by atoms with van der Waals surface area (Å²) in [7, 11) is 4.70. The van der Waals surface area contributed by atoms with Gasteiger partial charge in [0, 0.05) is 27.9 Å². The van der Waals surface area contributed by atoms with Crippen LogP contribution in [0.3, 0.4) is 0 Å². The Morgan fingerprint density at radius 3 is 2.32 bits per heavy atom. The van der Waals surface area contributed by atoms with Crippen molar-refractivity contribution in [2.24, 2.45) is 0 Å². The van der Waals surface area contributed by atoms with Gasteiger partial charge in [-0.25, -0.2) is 4.98 Å². The van der Waals surface area contributed by atoms with Crippen LogP contribution in [0.2, 0.25) is 0 Å². The molecule has 6 nitrogen and oxygen atoms in total. The minimum atomic E-state index is 0.365. The van der Waals surface area contributed by atoms with Crippen molar-refractivity contribution < 1.29 is 18.6 Å². The van der Waals surface area contributed by atoms with E-state index >= 15 is 0 Å². The summed E-state index contributed by atoms with van der Waals surface area (Å²) in [6.45, 7) is 0. The lowest BCUT2D eigenvalue weighted by Crippen LogP contribution is -1.97. The first-order chi connectivity index (χ1) is 12.1. The SMILES string of the molecule is COc1cc(Nc2ncc(-c3cccc(Br)c3)o2)cc(OC)c1OC. The molecular weight excluding hydrogens is 388 g/mol. The van der Waals surface area contributed by atoms with Crippen molar-refractivity contribution in [3.8, 4) is 28.6 Å². The molecule has 0 amide bonds. The zero-order valence-corrected chi connectivity index (χ0v) is 15.6. The van der Waals surface area contributed by atoms with Crippen LogP contribution in [0.25, 0.3) is 11.3 Å². The molecule has 1 aromatic heterocycles. The fourth-order valence-corrected chi connectivity index (χ4v) is 2.78. The Bertz CT molecular complexity index is 854. The van der Waals surface area contributed by atoms with Gasteiger partial charge in [0.15, 0.2) is 17.3 Å². The van der Waals surface area contributed by atoms with E-state index in [1.807, 2.05) is 24.3 Å². The van der Waals surface area contributed by atoms with Crippen molar-refractivity contribution in [1.82, 2.24) is 4.98 Å². The number of hydrogen-bond donors (Lipinski definition) is 1. The highest BCUT2D eigenvalue weighted by molar-refractivity contribution is 9.10. The number of benzene rings is 2. The molecule has 0 radical (unpaired) electrons. The Morgan fingerprint density at radius 1 is 1.00 bits per heavy atom. The highest BCUT2D eigenvalue weighted by atomic mass is 79.9.